The Hall–Kier alpha value is -3.81. The number of hydrogen-bond acceptors (Lipinski definition) is 4. The van der Waals surface area contributed by atoms with Crippen molar-refractivity contribution in [2.24, 2.45) is 0 Å². The second-order valence-electron chi connectivity index (χ2n) is 10.5. The van der Waals surface area contributed by atoms with Crippen molar-refractivity contribution in [2.75, 3.05) is 45.8 Å². The van der Waals surface area contributed by atoms with Crippen LogP contribution < -0.4 is 0 Å². The second-order valence-corrected chi connectivity index (χ2v) is 10.5. The first-order valence-corrected chi connectivity index (χ1v) is 13.9. The molecule has 0 atom stereocenters. The molecular weight excluding hydrogens is 489 g/mol. The standard InChI is InChI=1S/C32H34FN5O/c33-30-11-5-4-10-29(30)32-27(23-36-18-20-37(21-19-36)31(39)24-35-16-6-7-17-35)22-34-38(32)28-14-12-26(13-15-28)25-8-2-1-3-9-25/h1-5,8-15,22H,6-7,16-21,23-24H2. The van der Waals surface area contributed by atoms with Crippen molar-refractivity contribution in [3.63, 3.8) is 0 Å². The van der Waals surface area contributed by atoms with Gasteiger partial charge in [-0.15, -0.1) is 0 Å². The lowest BCUT2D eigenvalue weighted by atomic mass is 10.0. The van der Waals surface area contributed by atoms with E-state index in [0.29, 0.717) is 18.7 Å². The van der Waals surface area contributed by atoms with Crippen molar-refractivity contribution in [1.29, 1.82) is 0 Å². The van der Waals surface area contributed by atoms with E-state index in [0.717, 1.165) is 67.3 Å². The summed E-state index contributed by atoms with van der Waals surface area (Å²) in [6, 6.07) is 25.4. The highest BCUT2D eigenvalue weighted by molar-refractivity contribution is 5.78. The van der Waals surface area contributed by atoms with Gasteiger partial charge in [-0.3, -0.25) is 14.6 Å². The molecule has 3 heterocycles. The van der Waals surface area contributed by atoms with E-state index in [9.17, 15) is 4.79 Å². The van der Waals surface area contributed by atoms with Crippen LogP contribution >= 0.6 is 0 Å². The third-order valence-electron chi connectivity index (χ3n) is 7.87. The van der Waals surface area contributed by atoms with Crippen molar-refractivity contribution in [1.82, 2.24) is 24.5 Å². The maximum absolute atomic E-state index is 15.1. The first-order valence-electron chi connectivity index (χ1n) is 13.9. The maximum Gasteiger partial charge on any atom is 0.236 e. The molecular formula is C32H34FN5O. The zero-order chi connectivity index (χ0) is 26.6. The zero-order valence-electron chi connectivity index (χ0n) is 22.2. The number of likely N-dealkylation sites (tertiary alicyclic amines) is 1. The van der Waals surface area contributed by atoms with Crippen LogP contribution in [-0.4, -0.2) is 76.2 Å². The minimum atomic E-state index is -0.265. The molecule has 7 heteroatoms. The number of benzene rings is 3. The maximum atomic E-state index is 15.1. The van der Waals surface area contributed by atoms with E-state index in [-0.39, 0.29) is 11.7 Å². The second kappa shape index (κ2) is 11.5. The number of aromatic nitrogens is 2. The Morgan fingerprint density at radius 2 is 1.41 bits per heavy atom. The first-order chi connectivity index (χ1) is 19.2. The molecule has 1 aromatic heterocycles. The molecule has 0 N–H and O–H groups in total. The summed E-state index contributed by atoms with van der Waals surface area (Å²) >= 11 is 0. The molecule has 1 amide bonds. The monoisotopic (exact) mass is 523 g/mol. The van der Waals surface area contributed by atoms with Gasteiger partial charge in [0.2, 0.25) is 5.91 Å². The van der Waals surface area contributed by atoms with E-state index >= 15 is 4.39 Å². The summed E-state index contributed by atoms with van der Waals surface area (Å²) in [5.74, 6) is -0.0332. The Bertz CT molecular complexity index is 1400. The molecule has 6 rings (SSSR count). The molecule has 2 saturated heterocycles. The fourth-order valence-electron chi connectivity index (χ4n) is 5.69. The Labute approximate surface area is 229 Å². The normalized spacial score (nSPS) is 16.6. The fraction of sp³-hybridized carbons (Fsp3) is 0.312. The zero-order valence-corrected chi connectivity index (χ0v) is 22.2. The van der Waals surface area contributed by atoms with E-state index in [1.54, 1.807) is 6.07 Å². The number of amides is 1. The predicted molar refractivity (Wildman–Crippen MR) is 152 cm³/mol. The number of hydrogen-bond donors (Lipinski definition) is 0. The van der Waals surface area contributed by atoms with Gasteiger partial charge in [0.05, 0.1) is 24.1 Å². The van der Waals surface area contributed by atoms with Crippen molar-refractivity contribution in [3.05, 3.63) is 96.4 Å². The highest BCUT2D eigenvalue weighted by Crippen LogP contribution is 2.31. The molecule has 6 nitrogen and oxygen atoms in total. The topological polar surface area (TPSA) is 44.6 Å². The summed E-state index contributed by atoms with van der Waals surface area (Å²) in [7, 11) is 0. The molecule has 3 aromatic carbocycles. The highest BCUT2D eigenvalue weighted by atomic mass is 19.1. The van der Waals surface area contributed by atoms with E-state index in [1.165, 1.54) is 18.9 Å². The van der Waals surface area contributed by atoms with Crippen LogP contribution in [-0.2, 0) is 11.3 Å². The fourth-order valence-corrected chi connectivity index (χ4v) is 5.69. The summed E-state index contributed by atoms with van der Waals surface area (Å²) in [5.41, 5.74) is 5.44. The Balaban J connectivity index is 1.21. The third kappa shape index (κ3) is 5.65. The molecule has 0 aliphatic carbocycles. The molecule has 2 aliphatic rings. The van der Waals surface area contributed by atoms with Crippen molar-refractivity contribution in [3.8, 4) is 28.1 Å². The van der Waals surface area contributed by atoms with Gasteiger partial charge in [0.15, 0.2) is 0 Å². The molecule has 4 aromatic rings. The van der Waals surface area contributed by atoms with Gasteiger partial charge >= 0.3 is 0 Å². The van der Waals surface area contributed by atoms with Gasteiger partial charge < -0.3 is 4.90 Å². The molecule has 2 aliphatic heterocycles. The minimum absolute atomic E-state index is 0.232. The van der Waals surface area contributed by atoms with Gasteiger partial charge in [-0.1, -0.05) is 54.6 Å². The van der Waals surface area contributed by atoms with Crippen LogP contribution in [0.15, 0.2) is 85.1 Å². The van der Waals surface area contributed by atoms with E-state index in [2.05, 4.69) is 34.1 Å². The summed E-state index contributed by atoms with van der Waals surface area (Å²) < 4.78 is 16.9. The van der Waals surface area contributed by atoms with Crippen molar-refractivity contribution < 1.29 is 9.18 Å². The third-order valence-corrected chi connectivity index (χ3v) is 7.87. The van der Waals surface area contributed by atoms with Gasteiger partial charge in [-0.2, -0.15) is 5.10 Å². The smallest absolute Gasteiger partial charge is 0.236 e. The number of piperazine rings is 1. The van der Waals surface area contributed by atoms with E-state index in [1.807, 2.05) is 58.2 Å². The molecule has 39 heavy (non-hydrogen) atoms. The van der Waals surface area contributed by atoms with Crippen molar-refractivity contribution in [2.45, 2.75) is 19.4 Å². The molecule has 0 radical (unpaired) electrons. The highest BCUT2D eigenvalue weighted by Gasteiger charge is 2.26. The number of nitrogens with zero attached hydrogens (tertiary/aromatic N) is 5. The van der Waals surface area contributed by atoms with Crippen LogP contribution in [0.5, 0.6) is 0 Å². The lowest BCUT2D eigenvalue weighted by Crippen LogP contribution is -2.50. The lowest BCUT2D eigenvalue weighted by molar-refractivity contribution is -0.134. The van der Waals surface area contributed by atoms with E-state index < -0.39 is 0 Å². The molecule has 0 spiro atoms. The number of carbonyl (C=O) groups excluding carboxylic acids is 1. The van der Waals surface area contributed by atoms with Crippen LogP contribution in [0.25, 0.3) is 28.1 Å². The van der Waals surface area contributed by atoms with Crippen LogP contribution in [0.4, 0.5) is 4.39 Å². The predicted octanol–water partition coefficient (Wildman–Crippen LogP) is 5.09. The van der Waals surface area contributed by atoms with Crippen LogP contribution in [0.1, 0.15) is 18.4 Å². The number of halogens is 1. The lowest BCUT2D eigenvalue weighted by Gasteiger charge is -2.35. The quantitative estimate of drug-likeness (QED) is 0.339. The summed E-state index contributed by atoms with van der Waals surface area (Å²) in [4.78, 5) is 19.4. The molecule has 2 fully saturated rings. The van der Waals surface area contributed by atoms with Gasteiger partial charge in [0.25, 0.3) is 0 Å². The van der Waals surface area contributed by atoms with E-state index in [4.69, 9.17) is 5.10 Å². The molecule has 0 unspecified atom stereocenters. The van der Waals surface area contributed by atoms with Crippen LogP contribution in [0.3, 0.4) is 0 Å². The van der Waals surface area contributed by atoms with Crippen LogP contribution in [0, 0.1) is 5.82 Å². The Morgan fingerprint density at radius 3 is 2.13 bits per heavy atom. The summed E-state index contributed by atoms with van der Waals surface area (Å²) in [5, 5.41) is 4.73. The van der Waals surface area contributed by atoms with Gasteiger partial charge in [0, 0.05) is 43.9 Å². The number of rotatable bonds is 7. The number of carbonyl (C=O) groups is 1. The van der Waals surface area contributed by atoms with Gasteiger partial charge in [-0.25, -0.2) is 9.07 Å². The van der Waals surface area contributed by atoms with Gasteiger partial charge in [-0.05, 0) is 61.3 Å². The minimum Gasteiger partial charge on any atom is -0.339 e. The average molecular weight is 524 g/mol. The molecule has 0 saturated carbocycles. The van der Waals surface area contributed by atoms with Crippen molar-refractivity contribution >= 4 is 5.91 Å². The largest absolute Gasteiger partial charge is 0.339 e. The van der Waals surface area contributed by atoms with Crippen LogP contribution in [0.2, 0.25) is 0 Å². The average Bonchev–Trinajstić information content (AvgIpc) is 3.64. The Morgan fingerprint density at radius 1 is 0.744 bits per heavy atom. The molecule has 0 bridgehead atoms. The Kier molecular flexibility index (Phi) is 7.52. The summed E-state index contributed by atoms with van der Waals surface area (Å²) in [6.45, 7) is 6.27. The molecule has 200 valence electrons. The van der Waals surface area contributed by atoms with Gasteiger partial charge in [0.1, 0.15) is 5.82 Å². The summed E-state index contributed by atoms with van der Waals surface area (Å²) in [6.07, 6.45) is 4.24. The first kappa shape index (κ1) is 25.5. The SMILES string of the molecule is O=C(CN1CCCC1)N1CCN(Cc2cnn(-c3ccc(-c4ccccc4)cc3)c2-c2ccccc2F)CC1.